The van der Waals surface area contributed by atoms with E-state index in [0.717, 1.165) is 45.8 Å². The lowest BCUT2D eigenvalue weighted by molar-refractivity contribution is -0.137. The highest BCUT2D eigenvalue weighted by Crippen LogP contribution is 2.19. The van der Waals surface area contributed by atoms with E-state index in [1.165, 1.54) is 0 Å². The van der Waals surface area contributed by atoms with Crippen molar-refractivity contribution in [2.75, 3.05) is 45.8 Å². The summed E-state index contributed by atoms with van der Waals surface area (Å²) in [5, 5.41) is 3.32. The maximum Gasteiger partial charge on any atom is 0.227 e. The van der Waals surface area contributed by atoms with Crippen LogP contribution in [0.1, 0.15) is 20.8 Å². The summed E-state index contributed by atoms with van der Waals surface area (Å²) in [6.45, 7) is 13.6. The first-order valence-electron chi connectivity index (χ1n) is 7.29. The van der Waals surface area contributed by atoms with Crippen LogP contribution >= 0.6 is 0 Å². The second-order valence-electron chi connectivity index (χ2n) is 6.26. The molecule has 0 aromatic rings. The van der Waals surface area contributed by atoms with Gasteiger partial charge in [0.15, 0.2) is 0 Å². The first-order valence-corrected chi connectivity index (χ1v) is 7.29. The summed E-state index contributed by atoms with van der Waals surface area (Å²) in [4.78, 5) is 17.0. The van der Waals surface area contributed by atoms with Crippen LogP contribution in [0.3, 0.4) is 0 Å². The number of amides is 1. The molecule has 2 aliphatic heterocycles. The van der Waals surface area contributed by atoms with Crippen molar-refractivity contribution in [1.82, 2.24) is 15.1 Å². The Morgan fingerprint density at radius 3 is 2.39 bits per heavy atom. The van der Waals surface area contributed by atoms with Crippen molar-refractivity contribution >= 4 is 5.91 Å². The van der Waals surface area contributed by atoms with Gasteiger partial charge in [-0.3, -0.25) is 9.69 Å². The maximum atomic E-state index is 12.4. The molecule has 4 heteroatoms. The highest BCUT2D eigenvalue weighted by Gasteiger charge is 2.33. The Labute approximate surface area is 111 Å². The molecule has 2 heterocycles. The third-order valence-corrected chi connectivity index (χ3v) is 4.14. The lowest BCUT2D eigenvalue weighted by Gasteiger charge is -2.37. The van der Waals surface area contributed by atoms with Gasteiger partial charge in [0, 0.05) is 39.3 Å². The van der Waals surface area contributed by atoms with E-state index in [-0.39, 0.29) is 5.92 Å². The van der Waals surface area contributed by atoms with Gasteiger partial charge >= 0.3 is 0 Å². The Bertz CT molecular complexity index is 285. The molecule has 104 valence electrons. The maximum absolute atomic E-state index is 12.4. The Hall–Kier alpha value is -0.610. The van der Waals surface area contributed by atoms with Gasteiger partial charge in [-0.15, -0.1) is 0 Å². The highest BCUT2D eigenvalue weighted by atomic mass is 16.2. The van der Waals surface area contributed by atoms with Gasteiger partial charge in [0.25, 0.3) is 0 Å². The van der Waals surface area contributed by atoms with Crippen LogP contribution in [0.15, 0.2) is 0 Å². The van der Waals surface area contributed by atoms with Crippen LogP contribution in [0.4, 0.5) is 0 Å². The Balaban J connectivity index is 1.80. The molecule has 1 amide bonds. The normalized spacial score (nSPS) is 30.1. The minimum absolute atomic E-state index is 0.210. The molecular formula is C14H27N3O. The minimum Gasteiger partial charge on any atom is -0.340 e. The average Bonchev–Trinajstić information content (AvgIpc) is 2.75. The Morgan fingerprint density at radius 2 is 1.89 bits per heavy atom. The second kappa shape index (κ2) is 6.02. The molecule has 0 saturated carbocycles. The molecule has 1 N–H and O–H groups in total. The number of nitrogens with one attached hydrogen (secondary N) is 1. The molecule has 0 unspecified atom stereocenters. The zero-order valence-corrected chi connectivity index (χ0v) is 12.0. The van der Waals surface area contributed by atoms with Crippen LogP contribution in [-0.2, 0) is 4.79 Å². The van der Waals surface area contributed by atoms with Gasteiger partial charge in [-0.2, -0.15) is 0 Å². The Morgan fingerprint density at radius 1 is 1.22 bits per heavy atom. The number of hydrogen-bond acceptors (Lipinski definition) is 3. The fourth-order valence-electron chi connectivity index (χ4n) is 3.04. The summed E-state index contributed by atoms with van der Waals surface area (Å²) in [5.74, 6) is 1.79. The zero-order valence-electron chi connectivity index (χ0n) is 12.0. The fraction of sp³-hybridized carbons (Fsp3) is 0.929. The first-order chi connectivity index (χ1) is 8.58. The van der Waals surface area contributed by atoms with Crippen molar-refractivity contribution in [3.63, 3.8) is 0 Å². The molecule has 0 radical (unpaired) electrons. The second-order valence-corrected chi connectivity index (χ2v) is 6.26. The molecule has 0 bridgehead atoms. The quantitative estimate of drug-likeness (QED) is 0.802. The van der Waals surface area contributed by atoms with Crippen LogP contribution in [0.25, 0.3) is 0 Å². The molecule has 2 atom stereocenters. The summed E-state index contributed by atoms with van der Waals surface area (Å²) in [5.41, 5.74) is 0. The van der Waals surface area contributed by atoms with Crippen molar-refractivity contribution in [3.8, 4) is 0 Å². The monoisotopic (exact) mass is 253 g/mol. The molecule has 0 aromatic carbocycles. The van der Waals surface area contributed by atoms with Crippen molar-refractivity contribution in [3.05, 3.63) is 0 Å². The molecule has 2 aliphatic rings. The molecule has 2 fully saturated rings. The molecule has 18 heavy (non-hydrogen) atoms. The fourth-order valence-corrected chi connectivity index (χ4v) is 3.04. The number of piperazine rings is 1. The highest BCUT2D eigenvalue weighted by molar-refractivity contribution is 5.79. The summed E-state index contributed by atoms with van der Waals surface area (Å²) < 4.78 is 0. The molecule has 4 nitrogen and oxygen atoms in total. The molecule has 2 saturated heterocycles. The molecule has 0 aliphatic carbocycles. The van der Waals surface area contributed by atoms with Crippen LogP contribution in [0.2, 0.25) is 0 Å². The molecule has 0 aromatic heterocycles. The third-order valence-electron chi connectivity index (χ3n) is 4.14. The van der Waals surface area contributed by atoms with Crippen molar-refractivity contribution in [1.29, 1.82) is 0 Å². The summed E-state index contributed by atoms with van der Waals surface area (Å²) in [6, 6.07) is 0. The van der Waals surface area contributed by atoms with Gasteiger partial charge in [0.2, 0.25) is 5.91 Å². The summed E-state index contributed by atoms with van der Waals surface area (Å²) in [7, 11) is 0. The predicted molar refractivity (Wildman–Crippen MR) is 73.4 cm³/mol. The molecular weight excluding hydrogens is 226 g/mol. The lowest BCUT2D eigenvalue weighted by atomic mass is 9.96. The average molecular weight is 253 g/mol. The van der Waals surface area contributed by atoms with E-state index in [0.29, 0.717) is 17.7 Å². The number of rotatable bonds is 3. The minimum atomic E-state index is 0.210. The van der Waals surface area contributed by atoms with E-state index in [4.69, 9.17) is 0 Å². The van der Waals surface area contributed by atoms with Crippen molar-refractivity contribution in [2.24, 2.45) is 17.8 Å². The Kier molecular flexibility index (Phi) is 4.62. The van der Waals surface area contributed by atoms with E-state index in [2.05, 4.69) is 35.9 Å². The number of carbonyl (C=O) groups is 1. The largest absolute Gasteiger partial charge is 0.340 e. The van der Waals surface area contributed by atoms with E-state index in [9.17, 15) is 4.79 Å². The van der Waals surface area contributed by atoms with E-state index in [1.807, 2.05) is 0 Å². The van der Waals surface area contributed by atoms with Gasteiger partial charge in [0.1, 0.15) is 0 Å². The zero-order chi connectivity index (χ0) is 13.1. The molecule has 0 spiro atoms. The number of carbonyl (C=O) groups excluding carboxylic acids is 1. The smallest absolute Gasteiger partial charge is 0.227 e. The first kappa shape index (κ1) is 13.8. The van der Waals surface area contributed by atoms with E-state index < -0.39 is 0 Å². The van der Waals surface area contributed by atoms with Crippen LogP contribution in [-0.4, -0.2) is 61.5 Å². The van der Waals surface area contributed by atoms with Crippen molar-refractivity contribution < 1.29 is 4.79 Å². The topological polar surface area (TPSA) is 35.6 Å². The predicted octanol–water partition coefficient (Wildman–Crippen LogP) is 0.642. The lowest BCUT2D eigenvalue weighted by Crippen LogP contribution is -2.51. The SMILES string of the molecule is CC(C)CN1CCN(C(=O)[C@@H]2CNC[C@H]2C)CC1. The number of nitrogens with zero attached hydrogens (tertiary/aromatic N) is 2. The van der Waals surface area contributed by atoms with Crippen LogP contribution in [0.5, 0.6) is 0 Å². The summed E-state index contributed by atoms with van der Waals surface area (Å²) >= 11 is 0. The third kappa shape index (κ3) is 3.23. The van der Waals surface area contributed by atoms with Gasteiger partial charge in [-0.05, 0) is 18.4 Å². The summed E-state index contributed by atoms with van der Waals surface area (Å²) in [6.07, 6.45) is 0. The standard InChI is InChI=1S/C14H27N3O/c1-11(2)10-16-4-6-17(7-5-16)14(18)13-9-15-8-12(13)3/h11-13,15H,4-10H2,1-3H3/t12-,13-/m1/s1. The van der Waals surface area contributed by atoms with Crippen LogP contribution < -0.4 is 5.32 Å². The van der Waals surface area contributed by atoms with Crippen molar-refractivity contribution in [2.45, 2.75) is 20.8 Å². The molecule has 2 rings (SSSR count). The van der Waals surface area contributed by atoms with Crippen LogP contribution in [0, 0.1) is 17.8 Å². The van der Waals surface area contributed by atoms with Gasteiger partial charge in [0.05, 0.1) is 5.92 Å². The van der Waals surface area contributed by atoms with Gasteiger partial charge < -0.3 is 10.2 Å². The van der Waals surface area contributed by atoms with E-state index in [1.54, 1.807) is 0 Å². The van der Waals surface area contributed by atoms with Gasteiger partial charge in [-0.1, -0.05) is 20.8 Å². The van der Waals surface area contributed by atoms with Gasteiger partial charge in [-0.25, -0.2) is 0 Å². The van der Waals surface area contributed by atoms with E-state index >= 15 is 0 Å². The number of hydrogen-bond donors (Lipinski definition) is 1.